The summed E-state index contributed by atoms with van der Waals surface area (Å²) in [4.78, 5) is 4.81. The van der Waals surface area contributed by atoms with Crippen molar-refractivity contribution in [3.05, 3.63) is 16.1 Å². The predicted molar refractivity (Wildman–Crippen MR) is 80.5 cm³/mol. The Morgan fingerprint density at radius 1 is 1.26 bits per heavy atom. The monoisotopic (exact) mass is 282 g/mol. The Bertz CT molecular complexity index is 485. The minimum atomic E-state index is -0.509. The van der Waals surface area contributed by atoms with E-state index in [1.54, 1.807) is 11.3 Å². The first kappa shape index (κ1) is 14.9. The van der Waals surface area contributed by atoms with Crippen LogP contribution in [-0.2, 0) is 15.7 Å². The van der Waals surface area contributed by atoms with Crippen molar-refractivity contribution in [2.24, 2.45) is 5.73 Å². The molecule has 0 bridgehead atoms. The first-order valence-electron chi connectivity index (χ1n) is 6.83. The third-order valence-corrected chi connectivity index (χ3v) is 4.98. The molecular weight excluding hydrogens is 256 g/mol. The van der Waals surface area contributed by atoms with Crippen LogP contribution in [0, 0.1) is 0 Å². The summed E-state index contributed by atoms with van der Waals surface area (Å²) in [5.41, 5.74) is 6.77. The van der Waals surface area contributed by atoms with Gasteiger partial charge in [0.15, 0.2) is 0 Å². The number of hydrogen-bond acceptors (Lipinski definition) is 4. The lowest BCUT2D eigenvalue weighted by atomic mass is 9.80. The van der Waals surface area contributed by atoms with E-state index in [0.717, 1.165) is 17.1 Å². The average Bonchev–Trinajstić information content (AvgIpc) is 2.66. The molecule has 1 aromatic rings. The summed E-state index contributed by atoms with van der Waals surface area (Å²) < 4.78 is 6.14. The Balaban J connectivity index is 2.43. The van der Waals surface area contributed by atoms with Gasteiger partial charge in [-0.1, -0.05) is 20.8 Å². The topological polar surface area (TPSA) is 48.1 Å². The summed E-state index contributed by atoms with van der Waals surface area (Å²) in [6, 6.07) is 0. The zero-order valence-electron chi connectivity index (χ0n) is 13.1. The summed E-state index contributed by atoms with van der Waals surface area (Å²) in [5, 5.41) is 3.12. The number of hydrogen-bond donors (Lipinski definition) is 1. The number of nitrogens with two attached hydrogens (primary N) is 1. The van der Waals surface area contributed by atoms with Gasteiger partial charge < -0.3 is 10.5 Å². The number of thiazole rings is 1. The van der Waals surface area contributed by atoms with Crippen LogP contribution in [0.4, 0.5) is 0 Å². The first-order chi connectivity index (χ1) is 8.37. The average molecular weight is 282 g/mol. The molecule has 1 aliphatic rings. The minimum absolute atomic E-state index is 0.0598. The molecule has 4 heteroatoms. The van der Waals surface area contributed by atoms with Gasteiger partial charge >= 0.3 is 0 Å². The number of nitrogens with zero attached hydrogens (tertiary/aromatic N) is 1. The molecule has 2 N–H and O–H groups in total. The molecule has 0 aliphatic carbocycles. The zero-order valence-corrected chi connectivity index (χ0v) is 13.9. The summed E-state index contributed by atoms with van der Waals surface area (Å²) in [6.07, 6.45) is 0.796. The Morgan fingerprint density at radius 2 is 1.84 bits per heavy atom. The lowest BCUT2D eigenvalue weighted by molar-refractivity contribution is -0.0795. The second-order valence-corrected chi connectivity index (χ2v) is 8.67. The van der Waals surface area contributed by atoms with Crippen LogP contribution >= 0.6 is 11.3 Å². The van der Waals surface area contributed by atoms with Crippen LogP contribution in [0.5, 0.6) is 0 Å². The summed E-state index contributed by atoms with van der Waals surface area (Å²) in [5.74, 6) is 0. The molecule has 0 aromatic carbocycles. The second kappa shape index (κ2) is 4.03. The highest BCUT2D eigenvalue weighted by Crippen LogP contribution is 2.50. The van der Waals surface area contributed by atoms with E-state index in [9.17, 15) is 0 Å². The predicted octanol–water partition coefficient (Wildman–Crippen LogP) is 3.57. The third kappa shape index (κ3) is 2.46. The van der Waals surface area contributed by atoms with Crippen LogP contribution in [0.25, 0.3) is 0 Å². The van der Waals surface area contributed by atoms with Gasteiger partial charge in [0.1, 0.15) is 5.01 Å². The maximum Gasteiger partial charge on any atom is 0.116 e. The standard InChI is InChI=1S/C15H26N2OS/c1-12(2,3)10-8-19-11(17-10)15(16)9-13(4,5)18-14(15,6)7/h8H,9,16H2,1-7H3. The van der Waals surface area contributed by atoms with E-state index in [0.29, 0.717) is 0 Å². The van der Waals surface area contributed by atoms with Crippen molar-refractivity contribution < 1.29 is 4.74 Å². The molecule has 2 rings (SSSR count). The molecule has 0 saturated carbocycles. The molecule has 0 spiro atoms. The lowest BCUT2D eigenvalue weighted by Crippen LogP contribution is -2.51. The van der Waals surface area contributed by atoms with Gasteiger partial charge in [0.25, 0.3) is 0 Å². The van der Waals surface area contributed by atoms with E-state index in [1.165, 1.54) is 0 Å². The zero-order chi connectivity index (χ0) is 14.7. The highest BCUT2D eigenvalue weighted by Gasteiger charge is 2.57. The number of aromatic nitrogens is 1. The molecule has 1 aliphatic heterocycles. The van der Waals surface area contributed by atoms with Crippen LogP contribution < -0.4 is 5.73 Å². The van der Waals surface area contributed by atoms with E-state index in [1.807, 2.05) is 0 Å². The molecule has 1 atom stereocenters. The Labute approximate surface area is 120 Å². The van der Waals surface area contributed by atoms with Crippen molar-refractivity contribution in [2.75, 3.05) is 0 Å². The van der Waals surface area contributed by atoms with Crippen molar-refractivity contribution in [1.82, 2.24) is 4.98 Å². The summed E-state index contributed by atoms with van der Waals surface area (Å²) >= 11 is 1.66. The van der Waals surface area contributed by atoms with E-state index in [-0.39, 0.29) is 11.0 Å². The Kier molecular flexibility index (Phi) is 3.17. The molecule has 2 heterocycles. The largest absolute Gasteiger partial charge is 0.367 e. The van der Waals surface area contributed by atoms with Gasteiger partial charge in [-0.15, -0.1) is 11.3 Å². The fourth-order valence-corrected chi connectivity index (χ4v) is 4.17. The Morgan fingerprint density at radius 3 is 2.21 bits per heavy atom. The second-order valence-electron chi connectivity index (χ2n) is 7.81. The lowest BCUT2D eigenvalue weighted by Gasteiger charge is -2.34. The van der Waals surface area contributed by atoms with Crippen LogP contribution in [0.2, 0.25) is 0 Å². The Hall–Kier alpha value is -0.450. The van der Waals surface area contributed by atoms with Crippen molar-refractivity contribution >= 4 is 11.3 Å². The van der Waals surface area contributed by atoms with Crippen molar-refractivity contribution in [1.29, 1.82) is 0 Å². The van der Waals surface area contributed by atoms with Gasteiger partial charge in [-0.2, -0.15) is 0 Å². The van der Waals surface area contributed by atoms with Crippen LogP contribution in [0.1, 0.15) is 65.6 Å². The van der Waals surface area contributed by atoms with Gasteiger partial charge in [-0.3, -0.25) is 0 Å². The van der Waals surface area contributed by atoms with E-state index in [4.69, 9.17) is 15.5 Å². The quantitative estimate of drug-likeness (QED) is 0.856. The van der Waals surface area contributed by atoms with E-state index < -0.39 is 11.1 Å². The van der Waals surface area contributed by atoms with Gasteiger partial charge in [0.05, 0.1) is 22.4 Å². The fraction of sp³-hybridized carbons (Fsp3) is 0.800. The molecule has 1 saturated heterocycles. The molecule has 1 unspecified atom stereocenters. The molecule has 1 fully saturated rings. The summed E-state index contributed by atoms with van der Waals surface area (Å²) in [6.45, 7) is 14.9. The molecule has 19 heavy (non-hydrogen) atoms. The molecule has 1 aromatic heterocycles. The fourth-order valence-electron chi connectivity index (χ4n) is 2.86. The third-order valence-electron chi connectivity index (χ3n) is 3.96. The number of ether oxygens (including phenoxy) is 1. The van der Waals surface area contributed by atoms with Gasteiger partial charge in [0, 0.05) is 17.2 Å². The smallest absolute Gasteiger partial charge is 0.116 e. The van der Waals surface area contributed by atoms with Crippen LogP contribution in [0.15, 0.2) is 5.38 Å². The van der Waals surface area contributed by atoms with Crippen LogP contribution in [0.3, 0.4) is 0 Å². The molecule has 108 valence electrons. The van der Waals surface area contributed by atoms with Crippen molar-refractivity contribution in [2.45, 2.75) is 77.0 Å². The first-order valence-corrected chi connectivity index (χ1v) is 7.71. The van der Waals surface area contributed by atoms with Gasteiger partial charge in [-0.05, 0) is 27.7 Å². The molecule has 0 radical (unpaired) electrons. The highest BCUT2D eigenvalue weighted by molar-refractivity contribution is 7.09. The SMILES string of the molecule is CC1(C)CC(N)(c2nc(C(C)(C)C)cs2)C(C)(C)O1. The van der Waals surface area contributed by atoms with Gasteiger partial charge in [-0.25, -0.2) is 4.98 Å². The van der Waals surface area contributed by atoms with E-state index >= 15 is 0 Å². The molecular formula is C15H26N2OS. The van der Waals surface area contributed by atoms with Crippen molar-refractivity contribution in [3.8, 4) is 0 Å². The summed E-state index contributed by atoms with van der Waals surface area (Å²) in [7, 11) is 0. The maximum absolute atomic E-state index is 6.71. The van der Waals surface area contributed by atoms with Gasteiger partial charge in [0.2, 0.25) is 0 Å². The maximum atomic E-state index is 6.71. The van der Waals surface area contributed by atoms with Crippen LogP contribution in [-0.4, -0.2) is 16.2 Å². The normalized spacial score (nSPS) is 29.7. The van der Waals surface area contributed by atoms with E-state index in [2.05, 4.69) is 53.8 Å². The van der Waals surface area contributed by atoms with Crippen molar-refractivity contribution in [3.63, 3.8) is 0 Å². The molecule has 3 nitrogen and oxygen atoms in total. The minimum Gasteiger partial charge on any atom is -0.367 e. The highest BCUT2D eigenvalue weighted by atomic mass is 32.1. The number of rotatable bonds is 1. The molecule has 0 amide bonds.